The average Bonchev–Trinajstić information content (AvgIpc) is 3.17. The fourth-order valence-corrected chi connectivity index (χ4v) is 3.37. The predicted molar refractivity (Wildman–Crippen MR) is 109 cm³/mol. The van der Waals surface area contributed by atoms with E-state index in [0.29, 0.717) is 5.69 Å². The number of benzene rings is 1. The molecule has 1 fully saturated rings. The van der Waals surface area contributed by atoms with Crippen LogP contribution in [0.5, 0.6) is 0 Å². The second-order valence-corrected chi connectivity index (χ2v) is 7.38. The molecule has 1 unspecified atom stereocenters. The molecule has 2 aromatic rings. The number of hydrogen-bond acceptors (Lipinski definition) is 4. The van der Waals surface area contributed by atoms with Crippen LogP contribution in [0.25, 0.3) is 0 Å². The fraction of sp³-hybridized carbons (Fsp3) is 0.316. The van der Waals surface area contributed by atoms with Crippen LogP contribution in [0.3, 0.4) is 0 Å². The van der Waals surface area contributed by atoms with Gasteiger partial charge in [0.1, 0.15) is 5.82 Å². The monoisotopic (exact) mass is 431 g/mol. The molecule has 1 atom stereocenters. The van der Waals surface area contributed by atoms with Gasteiger partial charge in [-0.05, 0) is 42.7 Å². The van der Waals surface area contributed by atoms with Crippen molar-refractivity contribution in [3.8, 4) is 0 Å². The maximum absolute atomic E-state index is 12.4. The number of halogens is 1. The number of anilines is 2. The summed E-state index contributed by atoms with van der Waals surface area (Å²) in [4.78, 5) is 30.4. The first-order valence-electron chi connectivity index (χ1n) is 8.83. The van der Waals surface area contributed by atoms with Crippen LogP contribution in [-0.4, -0.2) is 30.0 Å². The third kappa shape index (κ3) is 5.43. The van der Waals surface area contributed by atoms with Crippen molar-refractivity contribution >= 4 is 39.4 Å². The zero-order chi connectivity index (χ0) is 19.2. The molecule has 0 radical (unpaired) electrons. The summed E-state index contributed by atoms with van der Waals surface area (Å²) in [5.41, 5.74) is 6.68. The maximum Gasteiger partial charge on any atom is 0.312 e. The highest BCUT2D eigenvalue weighted by Gasteiger charge is 2.18. The molecule has 1 aliphatic rings. The van der Waals surface area contributed by atoms with E-state index >= 15 is 0 Å². The van der Waals surface area contributed by atoms with Gasteiger partial charge in [0.05, 0.1) is 24.3 Å². The standard InChI is InChI=1S/C19H22BrN5O2/c20-14-5-3-13(4-6-14)16(24-19(21)27)11-18(26)23-15-7-8-17(22-12-15)25-9-1-2-10-25/h3-8,12,16H,1-2,9-11H2,(H,23,26)(H3,21,24,27). The second-order valence-electron chi connectivity index (χ2n) is 6.46. The highest BCUT2D eigenvalue weighted by atomic mass is 79.9. The van der Waals surface area contributed by atoms with Crippen molar-refractivity contribution in [2.45, 2.75) is 25.3 Å². The number of primary amides is 1. The largest absolute Gasteiger partial charge is 0.357 e. The number of nitrogens with two attached hydrogens (primary N) is 1. The van der Waals surface area contributed by atoms with E-state index in [1.165, 1.54) is 12.8 Å². The highest BCUT2D eigenvalue weighted by molar-refractivity contribution is 9.10. The fourth-order valence-electron chi connectivity index (χ4n) is 3.11. The van der Waals surface area contributed by atoms with Crippen molar-refractivity contribution in [1.29, 1.82) is 0 Å². The molecule has 3 amide bonds. The van der Waals surface area contributed by atoms with E-state index in [1.54, 1.807) is 6.20 Å². The number of carbonyl (C=O) groups excluding carboxylic acids is 2. The summed E-state index contributed by atoms with van der Waals surface area (Å²) in [6.07, 6.45) is 4.09. The Balaban J connectivity index is 1.63. The zero-order valence-electron chi connectivity index (χ0n) is 14.8. The third-order valence-corrected chi connectivity index (χ3v) is 4.97. The molecule has 1 aliphatic heterocycles. The Hall–Kier alpha value is -2.61. The Labute approximate surface area is 166 Å². The van der Waals surface area contributed by atoms with Gasteiger partial charge in [0.25, 0.3) is 0 Å². The number of amides is 3. The molecule has 2 heterocycles. The van der Waals surface area contributed by atoms with E-state index in [0.717, 1.165) is 28.9 Å². The first-order valence-corrected chi connectivity index (χ1v) is 9.63. The predicted octanol–water partition coefficient (Wildman–Crippen LogP) is 3.18. The van der Waals surface area contributed by atoms with E-state index in [2.05, 4.69) is 36.4 Å². The van der Waals surface area contributed by atoms with Gasteiger partial charge in [-0.25, -0.2) is 9.78 Å². The van der Waals surface area contributed by atoms with Crippen LogP contribution in [0.4, 0.5) is 16.3 Å². The van der Waals surface area contributed by atoms with E-state index in [4.69, 9.17) is 5.73 Å². The normalized spacial score (nSPS) is 14.6. The number of aromatic nitrogens is 1. The summed E-state index contributed by atoms with van der Waals surface area (Å²) in [5, 5.41) is 5.44. The van der Waals surface area contributed by atoms with Crippen molar-refractivity contribution in [2.75, 3.05) is 23.3 Å². The molecule has 3 rings (SSSR count). The molecule has 1 aromatic carbocycles. The number of nitrogens with zero attached hydrogens (tertiary/aromatic N) is 2. The van der Waals surface area contributed by atoms with Gasteiger partial charge >= 0.3 is 6.03 Å². The van der Waals surface area contributed by atoms with Gasteiger partial charge < -0.3 is 21.3 Å². The number of nitrogens with one attached hydrogen (secondary N) is 2. The summed E-state index contributed by atoms with van der Waals surface area (Å²) in [6.45, 7) is 2.04. The molecule has 0 aliphatic carbocycles. The number of rotatable bonds is 6. The summed E-state index contributed by atoms with van der Waals surface area (Å²) >= 11 is 3.37. The van der Waals surface area contributed by atoms with Crippen LogP contribution in [0.1, 0.15) is 30.9 Å². The molecule has 142 valence electrons. The molecular formula is C19H22BrN5O2. The minimum absolute atomic E-state index is 0.0679. The van der Waals surface area contributed by atoms with Gasteiger partial charge in [-0.3, -0.25) is 4.79 Å². The van der Waals surface area contributed by atoms with Gasteiger partial charge in [0.2, 0.25) is 5.91 Å². The van der Waals surface area contributed by atoms with Crippen LogP contribution in [0.2, 0.25) is 0 Å². The Morgan fingerprint density at radius 3 is 2.44 bits per heavy atom. The molecule has 0 bridgehead atoms. The Morgan fingerprint density at radius 1 is 1.15 bits per heavy atom. The summed E-state index contributed by atoms with van der Waals surface area (Å²) in [5.74, 6) is 0.695. The van der Waals surface area contributed by atoms with E-state index in [-0.39, 0.29) is 12.3 Å². The van der Waals surface area contributed by atoms with Crippen LogP contribution < -0.4 is 21.3 Å². The lowest BCUT2D eigenvalue weighted by molar-refractivity contribution is -0.116. The Morgan fingerprint density at radius 2 is 1.85 bits per heavy atom. The van der Waals surface area contributed by atoms with Gasteiger partial charge in [-0.2, -0.15) is 0 Å². The number of hydrogen-bond donors (Lipinski definition) is 3. The van der Waals surface area contributed by atoms with Crippen LogP contribution in [0, 0.1) is 0 Å². The summed E-state index contributed by atoms with van der Waals surface area (Å²) < 4.78 is 0.915. The van der Waals surface area contributed by atoms with Gasteiger partial charge in [0.15, 0.2) is 0 Å². The first kappa shape index (κ1) is 19.2. The number of urea groups is 1. The quantitative estimate of drug-likeness (QED) is 0.653. The van der Waals surface area contributed by atoms with Crippen molar-refractivity contribution in [1.82, 2.24) is 10.3 Å². The molecule has 8 heteroatoms. The minimum atomic E-state index is -0.674. The van der Waals surface area contributed by atoms with Gasteiger partial charge in [0, 0.05) is 17.6 Å². The first-order chi connectivity index (χ1) is 13.0. The van der Waals surface area contributed by atoms with Crippen molar-refractivity contribution < 1.29 is 9.59 Å². The molecule has 0 saturated carbocycles. The lowest BCUT2D eigenvalue weighted by Crippen LogP contribution is -2.35. The maximum atomic E-state index is 12.4. The van der Waals surface area contributed by atoms with Gasteiger partial charge in [-0.1, -0.05) is 28.1 Å². The number of carbonyl (C=O) groups is 2. The zero-order valence-corrected chi connectivity index (χ0v) is 16.4. The van der Waals surface area contributed by atoms with Crippen molar-refractivity contribution in [3.05, 3.63) is 52.6 Å². The van der Waals surface area contributed by atoms with E-state index in [9.17, 15) is 9.59 Å². The molecule has 0 spiro atoms. The molecular weight excluding hydrogens is 410 g/mol. The third-order valence-electron chi connectivity index (χ3n) is 4.44. The topological polar surface area (TPSA) is 100 Å². The average molecular weight is 432 g/mol. The molecule has 27 heavy (non-hydrogen) atoms. The van der Waals surface area contributed by atoms with Crippen molar-refractivity contribution in [2.24, 2.45) is 5.73 Å². The molecule has 1 aromatic heterocycles. The minimum Gasteiger partial charge on any atom is -0.357 e. The lowest BCUT2D eigenvalue weighted by Gasteiger charge is -2.18. The molecule has 4 N–H and O–H groups in total. The van der Waals surface area contributed by atoms with Crippen LogP contribution in [-0.2, 0) is 4.79 Å². The van der Waals surface area contributed by atoms with Gasteiger partial charge in [-0.15, -0.1) is 0 Å². The van der Waals surface area contributed by atoms with Crippen molar-refractivity contribution in [3.63, 3.8) is 0 Å². The Bertz CT molecular complexity index is 789. The van der Waals surface area contributed by atoms with Crippen LogP contribution in [0.15, 0.2) is 47.1 Å². The summed E-state index contributed by atoms with van der Waals surface area (Å²) in [6, 6.07) is 9.95. The highest BCUT2D eigenvalue weighted by Crippen LogP contribution is 2.22. The Kier molecular flexibility index (Phi) is 6.28. The second kappa shape index (κ2) is 8.85. The summed E-state index contributed by atoms with van der Waals surface area (Å²) in [7, 11) is 0. The van der Waals surface area contributed by atoms with E-state index in [1.807, 2.05) is 36.4 Å². The van der Waals surface area contributed by atoms with Crippen LogP contribution >= 0.6 is 15.9 Å². The SMILES string of the molecule is NC(=O)NC(CC(=O)Nc1ccc(N2CCCC2)nc1)c1ccc(Br)cc1. The smallest absolute Gasteiger partial charge is 0.312 e. The van der Waals surface area contributed by atoms with E-state index < -0.39 is 12.1 Å². The number of pyridine rings is 1. The lowest BCUT2D eigenvalue weighted by atomic mass is 10.0. The molecule has 1 saturated heterocycles. The molecule has 7 nitrogen and oxygen atoms in total.